The molecule has 5 rings (SSSR count). The first kappa shape index (κ1) is 28.7. The first-order valence-electron chi connectivity index (χ1n) is 15.0. The first-order valence-corrected chi connectivity index (χ1v) is 15.8. The number of aromatic nitrogens is 1. The van der Waals surface area contributed by atoms with E-state index in [-0.39, 0.29) is 42.3 Å². The minimum Gasteiger partial charge on any atom is -0.345 e. The SMILES string of the molecule is CC[C@H](C)N(CC(=O)N(Cc1cccn1Cc1ccc(Br)cc1)C1CCCCC1)C(=O)[C@H]1C[C@H]1c1ccccc1. The van der Waals surface area contributed by atoms with E-state index < -0.39 is 0 Å². The summed E-state index contributed by atoms with van der Waals surface area (Å²) in [6.07, 6.45) is 9.43. The van der Waals surface area contributed by atoms with Crippen LogP contribution in [-0.4, -0.2) is 44.8 Å². The van der Waals surface area contributed by atoms with Crippen LogP contribution in [0.15, 0.2) is 77.4 Å². The maximum atomic E-state index is 14.1. The van der Waals surface area contributed by atoms with Crippen molar-refractivity contribution < 1.29 is 9.59 Å². The Hall–Kier alpha value is -2.86. The summed E-state index contributed by atoms with van der Waals surface area (Å²) in [7, 11) is 0. The van der Waals surface area contributed by atoms with Crippen LogP contribution in [0.4, 0.5) is 0 Å². The van der Waals surface area contributed by atoms with Crippen molar-refractivity contribution in [2.45, 2.75) is 89.9 Å². The van der Waals surface area contributed by atoms with Gasteiger partial charge in [-0.1, -0.05) is 84.6 Å². The quantitative estimate of drug-likeness (QED) is 0.229. The minimum atomic E-state index is -0.0181. The van der Waals surface area contributed by atoms with Crippen LogP contribution in [0, 0.1) is 5.92 Å². The van der Waals surface area contributed by atoms with Crippen LogP contribution in [0.5, 0.6) is 0 Å². The van der Waals surface area contributed by atoms with Gasteiger partial charge in [-0.2, -0.15) is 0 Å². The van der Waals surface area contributed by atoms with Crippen LogP contribution < -0.4 is 0 Å². The fraction of sp³-hybridized carbons (Fsp3) is 0.471. The van der Waals surface area contributed by atoms with Crippen LogP contribution in [0.1, 0.15) is 81.5 Å². The predicted molar refractivity (Wildman–Crippen MR) is 164 cm³/mol. The molecule has 40 heavy (non-hydrogen) atoms. The molecule has 212 valence electrons. The summed E-state index contributed by atoms with van der Waals surface area (Å²) < 4.78 is 3.32. The highest BCUT2D eigenvalue weighted by Gasteiger charge is 2.46. The van der Waals surface area contributed by atoms with Gasteiger partial charge in [0.15, 0.2) is 0 Å². The average molecular weight is 605 g/mol. The van der Waals surface area contributed by atoms with Crippen LogP contribution in [0.25, 0.3) is 0 Å². The van der Waals surface area contributed by atoms with Crippen molar-refractivity contribution in [2.24, 2.45) is 5.92 Å². The highest BCUT2D eigenvalue weighted by atomic mass is 79.9. The molecule has 6 heteroatoms. The monoisotopic (exact) mass is 603 g/mol. The number of hydrogen-bond acceptors (Lipinski definition) is 2. The van der Waals surface area contributed by atoms with E-state index in [1.807, 2.05) is 23.1 Å². The van der Waals surface area contributed by atoms with Gasteiger partial charge in [0.25, 0.3) is 0 Å². The molecule has 0 radical (unpaired) electrons. The zero-order valence-electron chi connectivity index (χ0n) is 23.8. The van der Waals surface area contributed by atoms with E-state index in [9.17, 15) is 9.59 Å². The molecular weight excluding hydrogens is 562 g/mol. The Morgan fingerprint density at radius 3 is 2.40 bits per heavy atom. The van der Waals surface area contributed by atoms with Crippen LogP contribution in [0.2, 0.25) is 0 Å². The molecule has 2 fully saturated rings. The summed E-state index contributed by atoms with van der Waals surface area (Å²) in [5.74, 6) is 0.467. The molecule has 0 saturated heterocycles. The lowest BCUT2D eigenvalue weighted by atomic mass is 9.94. The predicted octanol–water partition coefficient (Wildman–Crippen LogP) is 7.39. The molecular formula is C34H42BrN3O2. The minimum absolute atomic E-state index is 0.0181. The number of carbonyl (C=O) groups excluding carboxylic acids is 2. The summed E-state index contributed by atoms with van der Waals surface area (Å²) in [6.45, 7) is 5.69. The number of nitrogens with zero attached hydrogens (tertiary/aromatic N) is 3. The molecule has 0 aliphatic heterocycles. The van der Waals surface area contributed by atoms with Crippen molar-refractivity contribution in [3.8, 4) is 0 Å². The smallest absolute Gasteiger partial charge is 0.242 e. The maximum Gasteiger partial charge on any atom is 0.242 e. The van der Waals surface area contributed by atoms with Crippen molar-refractivity contribution in [2.75, 3.05) is 6.54 Å². The molecule has 1 aromatic heterocycles. The van der Waals surface area contributed by atoms with Gasteiger partial charge in [0.2, 0.25) is 11.8 Å². The van der Waals surface area contributed by atoms with Gasteiger partial charge in [-0.3, -0.25) is 9.59 Å². The topological polar surface area (TPSA) is 45.6 Å². The van der Waals surface area contributed by atoms with Gasteiger partial charge >= 0.3 is 0 Å². The molecule has 3 atom stereocenters. The zero-order chi connectivity index (χ0) is 28.1. The summed E-state index contributed by atoms with van der Waals surface area (Å²) in [5, 5.41) is 0. The Morgan fingerprint density at radius 1 is 0.975 bits per heavy atom. The molecule has 0 bridgehead atoms. The Kier molecular flexibility index (Phi) is 9.46. The van der Waals surface area contributed by atoms with Crippen molar-refractivity contribution >= 4 is 27.7 Å². The lowest BCUT2D eigenvalue weighted by Crippen LogP contribution is -2.50. The van der Waals surface area contributed by atoms with Crippen LogP contribution >= 0.6 is 15.9 Å². The second-order valence-electron chi connectivity index (χ2n) is 11.7. The third kappa shape index (κ3) is 6.88. The molecule has 0 spiro atoms. The normalized spacial score (nSPS) is 19.7. The van der Waals surface area contributed by atoms with Gasteiger partial charge in [0, 0.05) is 40.9 Å². The van der Waals surface area contributed by atoms with Gasteiger partial charge in [-0.15, -0.1) is 0 Å². The summed E-state index contributed by atoms with van der Waals surface area (Å²) in [5.41, 5.74) is 3.59. The molecule has 1 heterocycles. The van der Waals surface area contributed by atoms with Gasteiger partial charge in [-0.05, 0) is 73.9 Å². The number of rotatable bonds is 11. The van der Waals surface area contributed by atoms with Crippen molar-refractivity contribution in [3.05, 3.63) is 94.2 Å². The standard InChI is InChI=1S/C34H42BrN3O2/c1-3-25(2)37(34(40)32-21-31(32)27-11-6-4-7-12-27)24-33(39)38(29-13-8-5-9-14-29)23-30-15-10-20-36(30)22-26-16-18-28(35)19-17-26/h4,6-7,10-12,15-20,25,29,31-32H,3,5,8-9,13-14,21-24H2,1-2H3/t25-,31-,32-/m0/s1. The molecule has 0 N–H and O–H groups in total. The number of halogens is 1. The lowest BCUT2D eigenvalue weighted by Gasteiger charge is -2.37. The molecule has 0 unspecified atom stereocenters. The van der Waals surface area contributed by atoms with Gasteiger partial charge in [-0.25, -0.2) is 0 Å². The second-order valence-corrected chi connectivity index (χ2v) is 12.6. The van der Waals surface area contributed by atoms with Gasteiger partial charge in [0.1, 0.15) is 6.54 Å². The zero-order valence-corrected chi connectivity index (χ0v) is 25.4. The third-order valence-corrected chi connectivity index (χ3v) is 9.43. The fourth-order valence-corrected chi connectivity index (χ4v) is 6.44. The van der Waals surface area contributed by atoms with E-state index in [1.54, 1.807) is 0 Å². The highest BCUT2D eigenvalue weighted by molar-refractivity contribution is 9.10. The Labute approximate surface area is 247 Å². The number of carbonyl (C=O) groups is 2. The maximum absolute atomic E-state index is 14.1. The van der Waals surface area contributed by atoms with Gasteiger partial charge < -0.3 is 14.4 Å². The van der Waals surface area contributed by atoms with Gasteiger partial charge in [0.05, 0.1) is 6.54 Å². The Bertz CT molecular complexity index is 1270. The van der Waals surface area contributed by atoms with Crippen LogP contribution in [-0.2, 0) is 22.7 Å². The highest BCUT2D eigenvalue weighted by Crippen LogP contribution is 2.48. The molecule has 2 aromatic carbocycles. The Balaban J connectivity index is 1.32. The first-order chi connectivity index (χ1) is 19.4. The lowest BCUT2D eigenvalue weighted by molar-refractivity contribution is -0.145. The van der Waals surface area contributed by atoms with E-state index in [2.05, 4.69) is 94.0 Å². The Morgan fingerprint density at radius 2 is 1.70 bits per heavy atom. The number of amides is 2. The van der Waals surface area contributed by atoms with Crippen molar-refractivity contribution in [1.82, 2.24) is 14.4 Å². The van der Waals surface area contributed by atoms with E-state index in [0.717, 1.165) is 55.2 Å². The van der Waals surface area contributed by atoms with Crippen molar-refractivity contribution in [1.29, 1.82) is 0 Å². The summed E-state index contributed by atoms with van der Waals surface area (Å²) in [6, 6.07) is 23.2. The average Bonchev–Trinajstić information content (AvgIpc) is 3.68. The summed E-state index contributed by atoms with van der Waals surface area (Å²) >= 11 is 3.52. The van der Waals surface area contributed by atoms with E-state index in [1.165, 1.54) is 17.5 Å². The van der Waals surface area contributed by atoms with Crippen LogP contribution in [0.3, 0.4) is 0 Å². The summed E-state index contributed by atoms with van der Waals surface area (Å²) in [4.78, 5) is 31.9. The molecule has 2 aliphatic carbocycles. The largest absolute Gasteiger partial charge is 0.345 e. The molecule has 2 aliphatic rings. The third-order valence-electron chi connectivity index (χ3n) is 8.90. The molecule has 5 nitrogen and oxygen atoms in total. The van der Waals surface area contributed by atoms with Crippen molar-refractivity contribution in [3.63, 3.8) is 0 Å². The number of benzene rings is 2. The van der Waals surface area contributed by atoms with E-state index >= 15 is 0 Å². The number of hydrogen-bond donors (Lipinski definition) is 0. The van der Waals surface area contributed by atoms with E-state index in [4.69, 9.17) is 0 Å². The fourth-order valence-electron chi connectivity index (χ4n) is 6.18. The molecule has 3 aromatic rings. The second kappa shape index (κ2) is 13.2. The van der Waals surface area contributed by atoms with E-state index in [0.29, 0.717) is 6.54 Å². The molecule has 2 saturated carbocycles. The molecule has 2 amide bonds.